The summed E-state index contributed by atoms with van der Waals surface area (Å²) in [6, 6.07) is 5.64. The van der Waals surface area contributed by atoms with Crippen molar-refractivity contribution in [2.24, 2.45) is 0 Å². The maximum atomic E-state index is 11.9. The molecule has 2 aromatic rings. The Morgan fingerprint density at radius 2 is 2.31 bits per heavy atom. The Labute approximate surface area is 101 Å². The summed E-state index contributed by atoms with van der Waals surface area (Å²) in [5.41, 5.74) is 2.31. The number of aromatic amines is 1. The Bertz CT molecular complexity index is 508. The molecule has 1 amide bonds. The first-order valence-electron chi connectivity index (χ1n) is 4.73. The molecule has 0 aliphatic carbocycles. The molecule has 0 fully saturated rings. The predicted octanol–water partition coefficient (Wildman–Crippen LogP) is 2.73. The number of carbonyl (C=O) groups excluding carboxylic acids is 1. The third-order valence-electron chi connectivity index (χ3n) is 2.12. The minimum Gasteiger partial charge on any atom is -0.319 e. The third-order valence-corrected chi connectivity index (χ3v) is 2.81. The van der Waals surface area contributed by atoms with Crippen LogP contribution < -0.4 is 5.32 Å². The summed E-state index contributed by atoms with van der Waals surface area (Å²) in [6.45, 7) is 1.95. The number of rotatable bonds is 2. The zero-order valence-electron chi connectivity index (χ0n) is 8.62. The van der Waals surface area contributed by atoms with Gasteiger partial charge in [-0.25, -0.2) is 0 Å². The molecule has 0 aliphatic rings. The van der Waals surface area contributed by atoms with Crippen molar-refractivity contribution >= 4 is 27.5 Å². The molecule has 0 spiro atoms. The van der Waals surface area contributed by atoms with Crippen LogP contribution in [-0.4, -0.2) is 16.1 Å². The standard InChI is InChI=1S/C11H10BrN3O/c1-7-2-3-10(12)9(4-7)11(16)15-8-5-13-14-6-8/h2-6H,1H3,(H,13,14)(H,15,16). The molecule has 2 N–H and O–H groups in total. The van der Waals surface area contributed by atoms with Crippen molar-refractivity contribution < 1.29 is 4.79 Å². The van der Waals surface area contributed by atoms with Crippen molar-refractivity contribution in [1.29, 1.82) is 0 Å². The van der Waals surface area contributed by atoms with E-state index in [0.717, 1.165) is 10.0 Å². The molecule has 0 aliphatic heterocycles. The molecule has 2 rings (SSSR count). The van der Waals surface area contributed by atoms with Gasteiger partial charge in [-0.15, -0.1) is 0 Å². The smallest absolute Gasteiger partial charge is 0.256 e. The molecule has 1 heterocycles. The van der Waals surface area contributed by atoms with E-state index in [-0.39, 0.29) is 5.91 Å². The Balaban J connectivity index is 2.24. The lowest BCUT2D eigenvalue weighted by Crippen LogP contribution is -2.12. The van der Waals surface area contributed by atoms with Crippen LogP contribution in [0.4, 0.5) is 5.69 Å². The first-order valence-corrected chi connectivity index (χ1v) is 5.52. The van der Waals surface area contributed by atoms with Gasteiger partial charge in [0.1, 0.15) is 0 Å². The van der Waals surface area contributed by atoms with Gasteiger partial charge in [0.25, 0.3) is 5.91 Å². The topological polar surface area (TPSA) is 57.8 Å². The van der Waals surface area contributed by atoms with Gasteiger partial charge in [-0.05, 0) is 35.0 Å². The van der Waals surface area contributed by atoms with Crippen LogP contribution in [0.15, 0.2) is 35.1 Å². The maximum absolute atomic E-state index is 11.9. The zero-order chi connectivity index (χ0) is 11.5. The molecule has 0 radical (unpaired) electrons. The Hall–Kier alpha value is -1.62. The summed E-state index contributed by atoms with van der Waals surface area (Å²) in [6.07, 6.45) is 3.18. The molecule has 16 heavy (non-hydrogen) atoms. The van der Waals surface area contributed by atoms with Gasteiger partial charge in [0.2, 0.25) is 0 Å². The van der Waals surface area contributed by atoms with Crippen LogP contribution in [0.5, 0.6) is 0 Å². The van der Waals surface area contributed by atoms with E-state index in [0.29, 0.717) is 11.3 Å². The highest BCUT2D eigenvalue weighted by molar-refractivity contribution is 9.10. The highest BCUT2D eigenvalue weighted by Crippen LogP contribution is 2.19. The van der Waals surface area contributed by atoms with E-state index >= 15 is 0 Å². The molecular weight excluding hydrogens is 270 g/mol. The lowest BCUT2D eigenvalue weighted by Gasteiger charge is -2.05. The van der Waals surface area contributed by atoms with Crippen LogP contribution in [0.1, 0.15) is 15.9 Å². The van der Waals surface area contributed by atoms with Gasteiger partial charge in [-0.2, -0.15) is 5.10 Å². The number of carbonyl (C=O) groups is 1. The molecule has 0 atom stereocenters. The number of hydrogen-bond acceptors (Lipinski definition) is 2. The van der Waals surface area contributed by atoms with Crippen molar-refractivity contribution in [2.45, 2.75) is 6.92 Å². The number of amides is 1. The van der Waals surface area contributed by atoms with E-state index in [1.165, 1.54) is 0 Å². The van der Waals surface area contributed by atoms with Crippen LogP contribution >= 0.6 is 15.9 Å². The van der Waals surface area contributed by atoms with Gasteiger partial charge in [-0.3, -0.25) is 9.89 Å². The molecule has 0 bridgehead atoms. The fraction of sp³-hybridized carbons (Fsp3) is 0.0909. The summed E-state index contributed by atoms with van der Waals surface area (Å²) >= 11 is 3.35. The van der Waals surface area contributed by atoms with E-state index < -0.39 is 0 Å². The fourth-order valence-electron chi connectivity index (χ4n) is 1.33. The summed E-state index contributed by atoms with van der Waals surface area (Å²) in [5, 5.41) is 9.14. The average molecular weight is 280 g/mol. The highest BCUT2D eigenvalue weighted by Gasteiger charge is 2.10. The van der Waals surface area contributed by atoms with Crippen LogP contribution in [0.3, 0.4) is 0 Å². The van der Waals surface area contributed by atoms with Gasteiger partial charge in [-0.1, -0.05) is 11.6 Å². The van der Waals surface area contributed by atoms with Crippen LogP contribution in [0.25, 0.3) is 0 Å². The number of benzene rings is 1. The van der Waals surface area contributed by atoms with Crippen molar-refractivity contribution in [2.75, 3.05) is 5.32 Å². The molecule has 0 unspecified atom stereocenters. The number of nitrogens with one attached hydrogen (secondary N) is 2. The molecule has 0 saturated carbocycles. The van der Waals surface area contributed by atoms with E-state index in [2.05, 4.69) is 31.4 Å². The molecule has 4 nitrogen and oxygen atoms in total. The van der Waals surface area contributed by atoms with Crippen molar-refractivity contribution in [1.82, 2.24) is 10.2 Å². The number of nitrogens with zero attached hydrogens (tertiary/aromatic N) is 1. The fourth-order valence-corrected chi connectivity index (χ4v) is 1.76. The van der Waals surface area contributed by atoms with Gasteiger partial charge >= 0.3 is 0 Å². The van der Waals surface area contributed by atoms with Gasteiger partial charge in [0.05, 0.1) is 17.4 Å². The molecule has 1 aromatic heterocycles. The highest BCUT2D eigenvalue weighted by atomic mass is 79.9. The van der Waals surface area contributed by atoms with Gasteiger partial charge < -0.3 is 5.32 Å². The first-order chi connectivity index (χ1) is 7.66. The second-order valence-corrected chi connectivity index (χ2v) is 4.28. The zero-order valence-corrected chi connectivity index (χ0v) is 10.2. The normalized spacial score (nSPS) is 10.1. The first kappa shape index (κ1) is 10.9. The molecule has 0 saturated heterocycles. The minimum absolute atomic E-state index is 0.156. The quantitative estimate of drug-likeness (QED) is 0.888. The summed E-state index contributed by atoms with van der Waals surface area (Å²) in [4.78, 5) is 11.9. The van der Waals surface area contributed by atoms with Crippen LogP contribution in [-0.2, 0) is 0 Å². The second-order valence-electron chi connectivity index (χ2n) is 3.42. The van der Waals surface area contributed by atoms with Crippen molar-refractivity contribution in [3.63, 3.8) is 0 Å². The molecule has 82 valence electrons. The van der Waals surface area contributed by atoms with Crippen molar-refractivity contribution in [3.05, 3.63) is 46.2 Å². The monoisotopic (exact) mass is 279 g/mol. The largest absolute Gasteiger partial charge is 0.319 e. The summed E-state index contributed by atoms with van der Waals surface area (Å²) < 4.78 is 0.777. The maximum Gasteiger partial charge on any atom is 0.256 e. The number of halogens is 1. The lowest BCUT2D eigenvalue weighted by atomic mass is 10.1. The number of anilines is 1. The van der Waals surface area contributed by atoms with Crippen molar-refractivity contribution in [3.8, 4) is 0 Å². The van der Waals surface area contributed by atoms with Gasteiger partial charge in [0, 0.05) is 10.7 Å². The third kappa shape index (κ3) is 2.30. The van der Waals surface area contributed by atoms with E-state index in [1.807, 2.05) is 25.1 Å². The predicted molar refractivity (Wildman–Crippen MR) is 65.4 cm³/mol. The van der Waals surface area contributed by atoms with E-state index in [4.69, 9.17) is 0 Å². The second kappa shape index (κ2) is 4.49. The Morgan fingerprint density at radius 3 is 3.00 bits per heavy atom. The minimum atomic E-state index is -0.156. The lowest BCUT2D eigenvalue weighted by molar-refractivity contribution is 0.102. The van der Waals surface area contributed by atoms with E-state index in [1.54, 1.807) is 12.4 Å². The Kier molecular flexibility index (Phi) is 3.05. The van der Waals surface area contributed by atoms with E-state index in [9.17, 15) is 4.79 Å². The number of aromatic nitrogens is 2. The SMILES string of the molecule is Cc1ccc(Br)c(C(=O)Nc2cn[nH]c2)c1. The van der Waals surface area contributed by atoms with Gasteiger partial charge in [0.15, 0.2) is 0 Å². The van der Waals surface area contributed by atoms with Crippen LogP contribution in [0.2, 0.25) is 0 Å². The molecular formula is C11H10BrN3O. The summed E-state index contributed by atoms with van der Waals surface area (Å²) in [5.74, 6) is -0.156. The number of hydrogen-bond donors (Lipinski definition) is 2. The number of H-pyrrole nitrogens is 1. The molecule has 1 aromatic carbocycles. The number of aryl methyl sites for hydroxylation is 1. The summed E-state index contributed by atoms with van der Waals surface area (Å²) in [7, 11) is 0. The van der Waals surface area contributed by atoms with Crippen LogP contribution in [0, 0.1) is 6.92 Å². The average Bonchev–Trinajstić information content (AvgIpc) is 2.74. The molecule has 5 heteroatoms. The Morgan fingerprint density at radius 1 is 1.50 bits per heavy atom.